The zero-order valence-electron chi connectivity index (χ0n) is 10.4. The van der Waals surface area contributed by atoms with Gasteiger partial charge in [0.15, 0.2) is 0 Å². The Morgan fingerprint density at radius 2 is 1.79 bits per heavy atom. The van der Waals surface area contributed by atoms with Gasteiger partial charge in [0.1, 0.15) is 0 Å². The average molecular weight is 326 g/mol. The van der Waals surface area contributed by atoms with Crippen molar-refractivity contribution < 1.29 is 14.7 Å². The summed E-state index contributed by atoms with van der Waals surface area (Å²) in [6.45, 7) is 0. The fourth-order valence-electron chi connectivity index (χ4n) is 2.39. The van der Waals surface area contributed by atoms with E-state index in [0.717, 1.165) is 17.3 Å². The highest BCUT2D eigenvalue weighted by molar-refractivity contribution is 9.10. The molecule has 0 heterocycles. The van der Waals surface area contributed by atoms with Gasteiger partial charge < -0.3 is 10.4 Å². The first kappa shape index (κ1) is 14.1. The first-order chi connectivity index (χ1) is 9.08. The summed E-state index contributed by atoms with van der Waals surface area (Å²) < 4.78 is 0.770. The van der Waals surface area contributed by atoms with Crippen LogP contribution in [0.2, 0.25) is 0 Å². The highest BCUT2D eigenvalue weighted by Crippen LogP contribution is 2.25. The summed E-state index contributed by atoms with van der Waals surface area (Å²) in [4.78, 5) is 22.9. The van der Waals surface area contributed by atoms with Crippen LogP contribution in [0.5, 0.6) is 0 Å². The number of hydrogen-bond donors (Lipinski definition) is 2. The third kappa shape index (κ3) is 3.56. The molecule has 0 atom stereocenters. The Kier molecular flexibility index (Phi) is 4.58. The van der Waals surface area contributed by atoms with E-state index in [2.05, 4.69) is 21.2 Å². The molecule has 1 aliphatic carbocycles. The maximum Gasteiger partial charge on any atom is 0.306 e. The van der Waals surface area contributed by atoms with Gasteiger partial charge in [-0.1, -0.05) is 12.1 Å². The monoisotopic (exact) mass is 325 g/mol. The molecule has 1 aromatic carbocycles. The lowest BCUT2D eigenvalue weighted by atomic mass is 9.86. The SMILES string of the molecule is O=C(NC1CCC(C(=O)O)CC1)c1ccccc1Br. The second-order valence-electron chi connectivity index (χ2n) is 4.84. The predicted octanol–water partition coefficient (Wildman–Crippen LogP) is 2.82. The Labute approximate surface area is 120 Å². The standard InChI is InChI=1S/C14H16BrNO3/c15-12-4-2-1-3-11(12)13(17)16-10-7-5-9(6-8-10)14(18)19/h1-4,9-10H,5-8H2,(H,16,17)(H,18,19). The van der Waals surface area contributed by atoms with E-state index in [9.17, 15) is 9.59 Å². The number of carboxylic acid groups (broad SMARTS) is 1. The first-order valence-corrected chi connectivity index (χ1v) is 7.15. The highest BCUT2D eigenvalue weighted by Gasteiger charge is 2.27. The minimum absolute atomic E-state index is 0.0789. The summed E-state index contributed by atoms with van der Waals surface area (Å²) in [5.41, 5.74) is 0.614. The van der Waals surface area contributed by atoms with Crippen LogP contribution in [0.3, 0.4) is 0 Å². The van der Waals surface area contributed by atoms with Crippen molar-refractivity contribution in [3.63, 3.8) is 0 Å². The van der Waals surface area contributed by atoms with Crippen LogP contribution in [-0.4, -0.2) is 23.0 Å². The first-order valence-electron chi connectivity index (χ1n) is 6.36. The molecule has 1 aromatic rings. The summed E-state index contributed by atoms with van der Waals surface area (Å²) >= 11 is 3.35. The largest absolute Gasteiger partial charge is 0.481 e. The lowest BCUT2D eigenvalue weighted by Gasteiger charge is -2.26. The van der Waals surface area contributed by atoms with Crippen molar-refractivity contribution >= 4 is 27.8 Å². The van der Waals surface area contributed by atoms with Crippen LogP contribution >= 0.6 is 15.9 Å². The van der Waals surface area contributed by atoms with Crippen LogP contribution in [0.15, 0.2) is 28.7 Å². The Bertz CT molecular complexity index is 481. The van der Waals surface area contributed by atoms with E-state index < -0.39 is 5.97 Å². The van der Waals surface area contributed by atoms with Gasteiger partial charge in [0, 0.05) is 10.5 Å². The van der Waals surface area contributed by atoms with Crippen LogP contribution in [0.25, 0.3) is 0 Å². The molecule has 0 spiro atoms. The van der Waals surface area contributed by atoms with Crippen molar-refractivity contribution in [3.05, 3.63) is 34.3 Å². The van der Waals surface area contributed by atoms with Crippen LogP contribution < -0.4 is 5.32 Å². The predicted molar refractivity (Wildman–Crippen MR) is 75.0 cm³/mol. The van der Waals surface area contributed by atoms with E-state index in [-0.39, 0.29) is 17.9 Å². The molecule has 0 saturated heterocycles. The molecule has 1 saturated carbocycles. The summed E-state index contributed by atoms with van der Waals surface area (Å²) in [7, 11) is 0. The second kappa shape index (κ2) is 6.19. The number of carbonyl (C=O) groups excluding carboxylic acids is 1. The minimum atomic E-state index is -0.726. The minimum Gasteiger partial charge on any atom is -0.481 e. The number of benzene rings is 1. The molecule has 5 heteroatoms. The molecule has 2 rings (SSSR count). The van der Waals surface area contributed by atoms with Gasteiger partial charge in [-0.25, -0.2) is 0 Å². The maximum atomic E-state index is 12.1. The molecule has 4 nitrogen and oxygen atoms in total. The Morgan fingerprint density at radius 1 is 1.16 bits per heavy atom. The number of rotatable bonds is 3. The molecule has 0 aromatic heterocycles. The van der Waals surface area contributed by atoms with Crippen molar-refractivity contribution in [2.75, 3.05) is 0 Å². The summed E-state index contributed by atoms with van der Waals surface area (Å²) in [6.07, 6.45) is 2.73. The van der Waals surface area contributed by atoms with Crippen molar-refractivity contribution in [2.45, 2.75) is 31.7 Å². The third-order valence-corrected chi connectivity index (χ3v) is 4.22. The zero-order chi connectivity index (χ0) is 13.8. The zero-order valence-corrected chi connectivity index (χ0v) is 12.0. The summed E-state index contributed by atoms with van der Waals surface area (Å²) in [6, 6.07) is 7.36. The number of halogens is 1. The Morgan fingerprint density at radius 3 is 2.37 bits per heavy atom. The number of nitrogens with one attached hydrogen (secondary N) is 1. The average Bonchev–Trinajstić information content (AvgIpc) is 2.39. The van der Waals surface area contributed by atoms with Gasteiger partial charge in [0.05, 0.1) is 11.5 Å². The lowest BCUT2D eigenvalue weighted by Crippen LogP contribution is -2.38. The molecule has 19 heavy (non-hydrogen) atoms. The molecule has 2 N–H and O–H groups in total. The summed E-state index contributed by atoms with van der Waals surface area (Å²) in [5, 5.41) is 11.9. The molecule has 0 bridgehead atoms. The number of aliphatic carboxylic acids is 1. The van der Waals surface area contributed by atoms with Crippen molar-refractivity contribution in [1.82, 2.24) is 5.32 Å². The topological polar surface area (TPSA) is 66.4 Å². The van der Waals surface area contributed by atoms with E-state index in [1.54, 1.807) is 6.07 Å². The van der Waals surface area contributed by atoms with Gasteiger partial charge >= 0.3 is 5.97 Å². The molecule has 1 fully saturated rings. The van der Waals surface area contributed by atoms with Crippen LogP contribution in [0, 0.1) is 5.92 Å². The molecule has 102 valence electrons. The van der Waals surface area contributed by atoms with E-state index in [4.69, 9.17) is 5.11 Å². The van der Waals surface area contributed by atoms with Crippen LogP contribution in [-0.2, 0) is 4.79 Å². The van der Waals surface area contributed by atoms with Crippen molar-refractivity contribution in [2.24, 2.45) is 5.92 Å². The quantitative estimate of drug-likeness (QED) is 0.898. The van der Waals surface area contributed by atoms with Gasteiger partial charge in [0.25, 0.3) is 5.91 Å². The second-order valence-corrected chi connectivity index (χ2v) is 5.69. The number of hydrogen-bond acceptors (Lipinski definition) is 2. The van der Waals surface area contributed by atoms with E-state index in [1.165, 1.54) is 0 Å². The molecular weight excluding hydrogens is 310 g/mol. The Hall–Kier alpha value is -1.36. The van der Waals surface area contributed by atoms with Gasteiger partial charge in [0.2, 0.25) is 0 Å². The van der Waals surface area contributed by atoms with Crippen LogP contribution in [0.1, 0.15) is 36.0 Å². The lowest BCUT2D eigenvalue weighted by molar-refractivity contribution is -0.142. The molecule has 0 aliphatic heterocycles. The Balaban J connectivity index is 1.91. The van der Waals surface area contributed by atoms with E-state index in [1.807, 2.05) is 18.2 Å². The van der Waals surface area contributed by atoms with Gasteiger partial charge in [-0.2, -0.15) is 0 Å². The molecule has 1 aliphatic rings. The highest BCUT2D eigenvalue weighted by atomic mass is 79.9. The van der Waals surface area contributed by atoms with Gasteiger partial charge in [-0.3, -0.25) is 9.59 Å². The van der Waals surface area contributed by atoms with Crippen molar-refractivity contribution in [3.8, 4) is 0 Å². The van der Waals surface area contributed by atoms with Gasteiger partial charge in [-0.05, 0) is 53.7 Å². The third-order valence-electron chi connectivity index (χ3n) is 3.53. The fourth-order valence-corrected chi connectivity index (χ4v) is 2.86. The smallest absolute Gasteiger partial charge is 0.306 e. The van der Waals surface area contributed by atoms with Crippen LogP contribution in [0.4, 0.5) is 0 Å². The number of amides is 1. The number of carboxylic acids is 1. The molecule has 0 unspecified atom stereocenters. The normalized spacial score (nSPS) is 22.8. The van der Waals surface area contributed by atoms with Gasteiger partial charge in [-0.15, -0.1) is 0 Å². The molecule has 1 amide bonds. The molecular formula is C14H16BrNO3. The molecule has 0 radical (unpaired) electrons. The summed E-state index contributed by atoms with van der Waals surface area (Å²) in [5.74, 6) is -1.08. The maximum absolute atomic E-state index is 12.1. The van der Waals surface area contributed by atoms with E-state index in [0.29, 0.717) is 18.4 Å². The fraction of sp³-hybridized carbons (Fsp3) is 0.429. The van der Waals surface area contributed by atoms with E-state index >= 15 is 0 Å². The number of carbonyl (C=O) groups is 2. The van der Waals surface area contributed by atoms with Crippen molar-refractivity contribution in [1.29, 1.82) is 0 Å².